The molecule has 2 N–H and O–H groups in total. The van der Waals surface area contributed by atoms with Crippen molar-refractivity contribution in [3.8, 4) is 0 Å². The van der Waals surface area contributed by atoms with Crippen molar-refractivity contribution >= 4 is 0 Å². The van der Waals surface area contributed by atoms with Gasteiger partial charge >= 0.3 is 0 Å². The molecule has 1 aromatic rings. The Labute approximate surface area is 115 Å². The summed E-state index contributed by atoms with van der Waals surface area (Å²) in [6.45, 7) is 3.41. The van der Waals surface area contributed by atoms with E-state index in [1.807, 2.05) is 12.4 Å². The lowest BCUT2D eigenvalue weighted by atomic mass is 9.93. The maximum Gasteiger partial charge on any atom is 0.160 e. The monoisotopic (exact) mass is 263 g/mol. The number of ether oxygens (including phenoxy) is 1. The highest BCUT2D eigenvalue weighted by molar-refractivity contribution is 5.10. The van der Waals surface area contributed by atoms with Gasteiger partial charge in [-0.25, -0.2) is 9.97 Å². The summed E-state index contributed by atoms with van der Waals surface area (Å²) in [5.41, 5.74) is 6.40. The molecule has 0 amide bonds. The topological polar surface area (TPSA) is 61.0 Å². The molecule has 0 spiro atoms. The molecule has 19 heavy (non-hydrogen) atoms. The lowest BCUT2D eigenvalue weighted by Gasteiger charge is -2.31. The van der Waals surface area contributed by atoms with Gasteiger partial charge in [0.25, 0.3) is 0 Å². The van der Waals surface area contributed by atoms with Crippen LogP contribution in [0, 0.1) is 0 Å². The van der Waals surface area contributed by atoms with Crippen LogP contribution < -0.4 is 5.73 Å². The molecule has 1 aliphatic rings. The average molecular weight is 263 g/mol. The Morgan fingerprint density at radius 3 is 2.32 bits per heavy atom. The van der Waals surface area contributed by atoms with Crippen LogP contribution in [0.1, 0.15) is 56.8 Å². The SMILES string of the molecule is CCOC1(c2ncc(CCN)cn2)CCCCCC1. The highest BCUT2D eigenvalue weighted by Gasteiger charge is 2.36. The normalized spacial score (nSPS) is 19.1. The van der Waals surface area contributed by atoms with Crippen LogP contribution in [0.4, 0.5) is 0 Å². The first-order valence-corrected chi connectivity index (χ1v) is 7.46. The van der Waals surface area contributed by atoms with Crippen LogP contribution in [-0.4, -0.2) is 23.1 Å². The first-order valence-electron chi connectivity index (χ1n) is 7.46. The fourth-order valence-corrected chi connectivity index (χ4v) is 2.89. The second-order valence-electron chi connectivity index (χ2n) is 5.30. The van der Waals surface area contributed by atoms with Crippen molar-refractivity contribution in [2.24, 2.45) is 5.73 Å². The van der Waals surface area contributed by atoms with Crippen LogP contribution in [0.2, 0.25) is 0 Å². The smallest absolute Gasteiger partial charge is 0.160 e. The molecule has 1 heterocycles. The molecule has 2 rings (SSSR count). The predicted molar refractivity (Wildman–Crippen MR) is 75.8 cm³/mol. The summed E-state index contributed by atoms with van der Waals surface area (Å²) in [4.78, 5) is 9.12. The average Bonchev–Trinajstić information content (AvgIpc) is 2.67. The Bertz CT molecular complexity index is 369. The molecule has 0 atom stereocenters. The summed E-state index contributed by atoms with van der Waals surface area (Å²) in [7, 11) is 0. The van der Waals surface area contributed by atoms with Crippen LogP contribution in [-0.2, 0) is 16.8 Å². The second kappa shape index (κ2) is 6.96. The molecule has 1 aromatic heterocycles. The molecule has 0 saturated heterocycles. The summed E-state index contributed by atoms with van der Waals surface area (Å²) in [5, 5.41) is 0. The number of hydrogen-bond acceptors (Lipinski definition) is 4. The lowest BCUT2D eigenvalue weighted by molar-refractivity contribution is -0.0624. The minimum Gasteiger partial charge on any atom is -0.367 e. The van der Waals surface area contributed by atoms with Gasteiger partial charge < -0.3 is 10.5 Å². The molecule has 0 radical (unpaired) electrons. The van der Waals surface area contributed by atoms with Crippen LogP contribution in [0.3, 0.4) is 0 Å². The lowest BCUT2D eigenvalue weighted by Crippen LogP contribution is -2.31. The molecule has 0 aliphatic heterocycles. The summed E-state index contributed by atoms with van der Waals surface area (Å²) >= 11 is 0. The third-order valence-corrected chi connectivity index (χ3v) is 3.88. The van der Waals surface area contributed by atoms with Crippen LogP contribution >= 0.6 is 0 Å². The van der Waals surface area contributed by atoms with Crippen molar-refractivity contribution in [1.29, 1.82) is 0 Å². The molecule has 4 heteroatoms. The summed E-state index contributed by atoms with van der Waals surface area (Å²) in [6.07, 6.45) is 11.7. The molecule has 1 saturated carbocycles. The van der Waals surface area contributed by atoms with E-state index in [1.54, 1.807) is 0 Å². The maximum absolute atomic E-state index is 6.09. The molecule has 106 valence electrons. The molecular weight excluding hydrogens is 238 g/mol. The van der Waals surface area contributed by atoms with Gasteiger partial charge in [-0.2, -0.15) is 0 Å². The zero-order chi connectivity index (χ0) is 13.6. The van der Waals surface area contributed by atoms with Gasteiger partial charge in [-0.05, 0) is 38.3 Å². The Morgan fingerprint density at radius 1 is 1.16 bits per heavy atom. The molecular formula is C15H25N3O. The predicted octanol–water partition coefficient (Wildman–Crippen LogP) is 2.56. The number of hydrogen-bond donors (Lipinski definition) is 1. The van der Waals surface area contributed by atoms with Gasteiger partial charge in [-0.15, -0.1) is 0 Å². The third-order valence-electron chi connectivity index (χ3n) is 3.88. The van der Waals surface area contributed by atoms with E-state index >= 15 is 0 Å². The maximum atomic E-state index is 6.09. The number of rotatable bonds is 5. The van der Waals surface area contributed by atoms with Crippen molar-refractivity contribution in [3.05, 3.63) is 23.8 Å². The minimum absolute atomic E-state index is 0.257. The van der Waals surface area contributed by atoms with Crippen molar-refractivity contribution in [2.75, 3.05) is 13.2 Å². The minimum atomic E-state index is -0.257. The Kier molecular flexibility index (Phi) is 5.28. The highest BCUT2D eigenvalue weighted by atomic mass is 16.5. The van der Waals surface area contributed by atoms with Gasteiger partial charge in [0.05, 0.1) is 0 Å². The summed E-state index contributed by atoms with van der Waals surface area (Å²) in [5.74, 6) is 0.858. The van der Waals surface area contributed by atoms with Crippen LogP contribution in [0.15, 0.2) is 12.4 Å². The van der Waals surface area contributed by atoms with Crippen molar-refractivity contribution in [3.63, 3.8) is 0 Å². The fourth-order valence-electron chi connectivity index (χ4n) is 2.89. The zero-order valence-electron chi connectivity index (χ0n) is 11.9. The van der Waals surface area contributed by atoms with Gasteiger partial charge in [0.1, 0.15) is 5.60 Å². The Balaban J connectivity index is 2.21. The van der Waals surface area contributed by atoms with Gasteiger partial charge in [0.15, 0.2) is 5.82 Å². The summed E-state index contributed by atoms with van der Waals surface area (Å²) in [6, 6.07) is 0. The van der Waals surface area contributed by atoms with E-state index < -0.39 is 0 Å². The zero-order valence-corrected chi connectivity index (χ0v) is 11.9. The molecule has 0 bridgehead atoms. The first kappa shape index (κ1) is 14.4. The van der Waals surface area contributed by atoms with Crippen molar-refractivity contribution in [1.82, 2.24) is 9.97 Å². The van der Waals surface area contributed by atoms with Gasteiger partial charge in [0.2, 0.25) is 0 Å². The van der Waals surface area contributed by atoms with Gasteiger partial charge in [-0.3, -0.25) is 0 Å². The Hall–Kier alpha value is -1.00. The molecule has 0 aromatic carbocycles. The van der Waals surface area contributed by atoms with Crippen LogP contribution in [0.25, 0.3) is 0 Å². The fraction of sp³-hybridized carbons (Fsp3) is 0.733. The van der Waals surface area contributed by atoms with E-state index in [9.17, 15) is 0 Å². The van der Waals surface area contributed by atoms with E-state index in [1.165, 1.54) is 25.7 Å². The molecule has 1 aliphatic carbocycles. The van der Waals surface area contributed by atoms with E-state index in [0.717, 1.165) is 30.7 Å². The molecule has 4 nitrogen and oxygen atoms in total. The second-order valence-corrected chi connectivity index (χ2v) is 5.30. The van der Waals surface area contributed by atoms with E-state index in [4.69, 9.17) is 10.5 Å². The number of aromatic nitrogens is 2. The molecule has 1 fully saturated rings. The largest absolute Gasteiger partial charge is 0.367 e. The molecule has 0 unspecified atom stereocenters. The van der Waals surface area contributed by atoms with Crippen LogP contribution in [0.5, 0.6) is 0 Å². The standard InChI is InChI=1S/C15H25N3O/c1-2-19-15(8-5-3-4-6-9-15)14-17-11-13(7-10-16)12-18-14/h11-12H,2-10,16H2,1H3. The Morgan fingerprint density at radius 2 is 1.79 bits per heavy atom. The van der Waals surface area contributed by atoms with Gasteiger partial charge in [0, 0.05) is 19.0 Å². The number of nitrogens with two attached hydrogens (primary N) is 1. The van der Waals surface area contributed by atoms with Gasteiger partial charge in [-0.1, -0.05) is 25.7 Å². The van der Waals surface area contributed by atoms with E-state index in [2.05, 4.69) is 16.9 Å². The third kappa shape index (κ3) is 3.51. The summed E-state index contributed by atoms with van der Waals surface area (Å²) < 4.78 is 6.09. The van der Waals surface area contributed by atoms with Crippen molar-refractivity contribution in [2.45, 2.75) is 57.5 Å². The first-order chi connectivity index (χ1) is 9.30. The highest BCUT2D eigenvalue weighted by Crippen LogP contribution is 2.37. The number of nitrogens with zero attached hydrogens (tertiary/aromatic N) is 2. The quantitative estimate of drug-likeness (QED) is 0.829. The van der Waals surface area contributed by atoms with E-state index in [-0.39, 0.29) is 5.60 Å². The van der Waals surface area contributed by atoms with E-state index in [0.29, 0.717) is 13.2 Å². The van der Waals surface area contributed by atoms with Crippen molar-refractivity contribution < 1.29 is 4.74 Å².